The summed E-state index contributed by atoms with van der Waals surface area (Å²) in [6.45, 7) is 1.90. The molecule has 0 aliphatic rings. The number of benzene rings is 1. The average Bonchev–Trinajstić information content (AvgIpc) is 2.65. The summed E-state index contributed by atoms with van der Waals surface area (Å²) < 4.78 is 41.9. The lowest BCUT2D eigenvalue weighted by atomic mass is 10.0. The van der Waals surface area contributed by atoms with Crippen LogP contribution in [0.25, 0.3) is 0 Å². The van der Waals surface area contributed by atoms with Crippen molar-refractivity contribution in [3.8, 4) is 0 Å². The fourth-order valence-electron chi connectivity index (χ4n) is 2.26. The summed E-state index contributed by atoms with van der Waals surface area (Å²) in [6, 6.07) is 0.240. The fourth-order valence-corrected chi connectivity index (χ4v) is 2.63. The molecule has 1 atom stereocenters. The molecule has 1 aromatic heterocycles. The van der Waals surface area contributed by atoms with Crippen LogP contribution in [-0.4, -0.2) is 9.78 Å². The Morgan fingerprint density at radius 2 is 1.86 bits per heavy atom. The topological polar surface area (TPSA) is 43.8 Å². The van der Waals surface area contributed by atoms with Crippen LogP contribution in [-0.2, 0) is 19.9 Å². The van der Waals surface area contributed by atoms with E-state index in [-0.39, 0.29) is 12.0 Å². The predicted octanol–water partition coefficient (Wildman–Crippen LogP) is 3.30. The van der Waals surface area contributed by atoms with Crippen LogP contribution in [0.5, 0.6) is 0 Å². The molecule has 2 rings (SSSR count). The maximum absolute atomic E-state index is 13.7. The van der Waals surface area contributed by atoms with Gasteiger partial charge in [0.1, 0.15) is 17.5 Å². The van der Waals surface area contributed by atoms with Gasteiger partial charge in [0.15, 0.2) is 0 Å². The van der Waals surface area contributed by atoms with E-state index in [9.17, 15) is 13.2 Å². The third-order valence-electron chi connectivity index (χ3n) is 3.33. The highest BCUT2D eigenvalue weighted by atomic mass is 35.5. The molecule has 21 heavy (non-hydrogen) atoms. The number of halogens is 4. The minimum Gasteiger partial charge on any atom is -0.323 e. The summed E-state index contributed by atoms with van der Waals surface area (Å²) in [5.41, 5.74) is 6.79. The molecule has 0 bridgehead atoms. The van der Waals surface area contributed by atoms with Crippen molar-refractivity contribution in [3.05, 3.63) is 51.6 Å². The molecule has 0 saturated heterocycles. The zero-order chi connectivity index (χ0) is 15.7. The normalized spacial score (nSPS) is 12.7. The number of aryl methyl sites for hydroxylation is 2. The van der Waals surface area contributed by atoms with Crippen LogP contribution < -0.4 is 5.73 Å². The van der Waals surface area contributed by atoms with Crippen molar-refractivity contribution in [1.29, 1.82) is 0 Å². The van der Waals surface area contributed by atoms with Gasteiger partial charge in [0.25, 0.3) is 0 Å². The van der Waals surface area contributed by atoms with E-state index in [1.165, 1.54) is 0 Å². The molecule has 0 spiro atoms. The van der Waals surface area contributed by atoms with Crippen molar-refractivity contribution in [2.24, 2.45) is 12.8 Å². The molecule has 0 fully saturated rings. The Morgan fingerprint density at radius 3 is 2.33 bits per heavy atom. The Balaban J connectivity index is 2.35. The van der Waals surface area contributed by atoms with Gasteiger partial charge in [0, 0.05) is 37.2 Å². The largest absolute Gasteiger partial charge is 0.323 e. The maximum atomic E-state index is 13.7. The first-order chi connectivity index (χ1) is 9.85. The van der Waals surface area contributed by atoms with E-state index in [1.807, 2.05) is 6.92 Å². The van der Waals surface area contributed by atoms with Gasteiger partial charge in [-0.2, -0.15) is 5.10 Å². The summed E-state index contributed by atoms with van der Waals surface area (Å²) >= 11 is 6.18. The molecule has 114 valence electrons. The minimum atomic E-state index is -1.01. The second-order valence-electron chi connectivity index (χ2n) is 4.78. The Bertz CT molecular complexity index is 647. The van der Waals surface area contributed by atoms with Crippen molar-refractivity contribution >= 4 is 11.6 Å². The molecule has 1 heterocycles. The summed E-state index contributed by atoms with van der Waals surface area (Å²) in [5.74, 6) is -2.99. The number of nitrogens with zero attached hydrogens (tertiary/aromatic N) is 2. The van der Waals surface area contributed by atoms with Crippen LogP contribution >= 0.6 is 11.6 Å². The molecular formula is C14H15ClF3N3. The Labute approximate surface area is 125 Å². The second kappa shape index (κ2) is 6.07. The highest BCUT2D eigenvalue weighted by Gasteiger charge is 2.22. The van der Waals surface area contributed by atoms with Gasteiger partial charge >= 0.3 is 0 Å². The van der Waals surface area contributed by atoms with E-state index >= 15 is 0 Å². The molecule has 2 N–H and O–H groups in total. The Kier molecular flexibility index (Phi) is 4.58. The van der Waals surface area contributed by atoms with Crippen LogP contribution in [0.15, 0.2) is 12.1 Å². The van der Waals surface area contributed by atoms with E-state index in [4.69, 9.17) is 17.3 Å². The predicted molar refractivity (Wildman–Crippen MR) is 74.5 cm³/mol. The average molecular weight is 318 g/mol. The van der Waals surface area contributed by atoms with Crippen molar-refractivity contribution in [3.63, 3.8) is 0 Å². The molecule has 2 aromatic rings. The van der Waals surface area contributed by atoms with Gasteiger partial charge in [-0.25, -0.2) is 13.2 Å². The van der Waals surface area contributed by atoms with Crippen molar-refractivity contribution < 1.29 is 13.2 Å². The minimum absolute atomic E-state index is 0.0990. The Hall–Kier alpha value is -1.53. The van der Waals surface area contributed by atoms with Crippen molar-refractivity contribution in [1.82, 2.24) is 9.78 Å². The number of aromatic nitrogens is 2. The highest BCUT2D eigenvalue weighted by molar-refractivity contribution is 6.31. The number of hydrogen-bond donors (Lipinski definition) is 1. The first kappa shape index (κ1) is 15.9. The zero-order valence-corrected chi connectivity index (χ0v) is 12.4. The van der Waals surface area contributed by atoms with E-state index in [1.54, 1.807) is 11.7 Å². The third-order valence-corrected chi connectivity index (χ3v) is 3.77. The van der Waals surface area contributed by atoms with Crippen molar-refractivity contribution in [2.45, 2.75) is 25.8 Å². The second-order valence-corrected chi connectivity index (χ2v) is 5.16. The lowest BCUT2D eigenvalue weighted by Crippen LogP contribution is -2.19. The first-order valence-electron chi connectivity index (χ1n) is 6.45. The molecule has 3 nitrogen and oxygen atoms in total. The number of rotatable bonds is 4. The van der Waals surface area contributed by atoms with Crippen LogP contribution in [0, 0.1) is 17.5 Å². The van der Waals surface area contributed by atoms with Gasteiger partial charge in [0.05, 0.1) is 16.4 Å². The zero-order valence-electron chi connectivity index (χ0n) is 11.6. The quantitative estimate of drug-likeness (QED) is 0.940. The SMILES string of the molecule is CCc1nn(C)c(CC(N)c2c(F)cc(F)cc2F)c1Cl. The highest BCUT2D eigenvalue weighted by Crippen LogP contribution is 2.28. The molecule has 0 radical (unpaired) electrons. The summed E-state index contributed by atoms with van der Waals surface area (Å²) in [5, 5.41) is 4.66. The van der Waals surface area contributed by atoms with Gasteiger partial charge in [-0.3, -0.25) is 4.68 Å². The van der Waals surface area contributed by atoms with Gasteiger partial charge in [-0.1, -0.05) is 18.5 Å². The van der Waals surface area contributed by atoms with Crippen molar-refractivity contribution in [2.75, 3.05) is 0 Å². The van der Waals surface area contributed by atoms with E-state index in [0.29, 0.717) is 35.0 Å². The molecule has 1 aromatic carbocycles. The monoisotopic (exact) mass is 317 g/mol. The summed E-state index contributed by atoms with van der Waals surface area (Å²) in [4.78, 5) is 0. The molecule has 0 aliphatic carbocycles. The van der Waals surface area contributed by atoms with E-state index < -0.39 is 23.5 Å². The van der Waals surface area contributed by atoms with Crippen LogP contribution in [0.3, 0.4) is 0 Å². The maximum Gasteiger partial charge on any atom is 0.133 e. The standard InChI is InChI=1S/C14H15ClF3N3/c1-3-11-14(15)12(21(2)20-11)6-10(19)13-8(17)4-7(16)5-9(13)18/h4-5,10H,3,6,19H2,1-2H3. The number of nitrogens with two attached hydrogens (primary N) is 1. The molecule has 0 aliphatic heterocycles. The molecular weight excluding hydrogens is 303 g/mol. The van der Waals surface area contributed by atoms with E-state index in [2.05, 4.69) is 5.10 Å². The molecule has 0 saturated carbocycles. The number of hydrogen-bond acceptors (Lipinski definition) is 2. The van der Waals surface area contributed by atoms with Gasteiger partial charge in [-0.15, -0.1) is 0 Å². The fraction of sp³-hybridized carbons (Fsp3) is 0.357. The Morgan fingerprint density at radius 1 is 1.29 bits per heavy atom. The lowest BCUT2D eigenvalue weighted by molar-refractivity contribution is 0.497. The molecule has 7 heteroatoms. The van der Waals surface area contributed by atoms with Gasteiger partial charge in [0.2, 0.25) is 0 Å². The summed E-state index contributed by atoms with van der Waals surface area (Å²) in [6.07, 6.45) is 0.739. The third kappa shape index (κ3) is 3.06. The molecule has 0 amide bonds. The van der Waals surface area contributed by atoms with E-state index in [0.717, 1.165) is 0 Å². The van der Waals surface area contributed by atoms with Crippen LogP contribution in [0.4, 0.5) is 13.2 Å². The summed E-state index contributed by atoms with van der Waals surface area (Å²) in [7, 11) is 1.68. The first-order valence-corrected chi connectivity index (χ1v) is 6.83. The molecule has 1 unspecified atom stereocenters. The smallest absolute Gasteiger partial charge is 0.133 e. The van der Waals surface area contributed by atoms with Gasteiger partial charge in [-0.05, 0) is 6.42 Å². The lowest BCUT2D eigenvalue weighted by Gasteiger charge is -2.14. The van der Waals surface area contributed by atoms with Crippen LogP contribution in [0.1, 0.15) is 29.9 Å². The van der Waals surface area contributed by atoms with Gasteiger partial charge < -0.3 is 5.73 Å². The van der Waals surface area contributed by atoms with Crippen LogP contribution in [0.2, 0.25) is 5.02 Å².